The third-order valence-corrected chi connectivity index (χ3v) is 6.03. The number of amides is 2. The van der Waals surface area contributed by atoms with Gasteiger partial charge in [-0.15, -0.1) is 0 Å². The largest absolute Gasteiger partial charge is 0.368 e. The van der Waals surface area contributed by atoms with Crippen LogP contribution in [0.2, 0.25) is 0 Å². The Balaban J connectivity index is 1.83. The number of nitrogens with zero attached hydrogens (tertiary/aromatic N) is 2. The summed E-state index contributed by atoms with van der Waals surface area (Å²) in [6.45, 7) is 5.81. The first-order valence-electron chi connectivity index (χ1n) is 10.1. The van der Waals surface area contributed by atoms with Crippen molar-refractivity contribution in [3.05, 3.63) is 40.7 Å². The predicted octanol–water partition coefficient (Wildman–Crippen LogP) is 2.83. The Kier molecular flexibility index (Phi) is 4.68. The highest BCUT2D eigenvalue weighted by Gasteiger charge is 2.44. The first kappa shape index (κ1) is 19.2. The number of fused-ring (bicyclic) bond motifs is 4. The minimum Gasteiger partial charge on any atom is -0.368 e. The van der Waals surface area contributed by atoms with E-state index in [9.17, 15) is 9.59 Å². The number of H-pyrrole nitrogens is 1. The molecule has 0 saturated heterocycles. The van der Waals surface area contributed by atoms with Gasteiger partial charge in [-0.1, -0.05) is 12.5 Å². The first-order valence-corrected chi connectivity index (χ1v) is 10.1. The summed E-state index contributed by atoms with van der Waals surface area (Å²) in [6.07, 6.45) is 7.74. The van der Waals surface area contributed by atoms with Crippen molar-refractivity contribution in [2.45, 2.75) is 51.9 Å². The van der Waals surface area contributed by atoms with E-state index in [1.54, 1.807) is 0 Å². The number of hydrazone groups is 1. The molecule has 0 saturated carbocycles. The maximum absolute atomic E-state index is 12.9. The van der Waals surface area contributed by atoms with Crippen molar-refractivity contribution < 1.29 is 9.59 Å². The Morgan fingerprint density at radius 3 is 2.83 bits per heavy atom. The molecule has 4 rings (SSSR count). The van der Waals surface area contributed by atoms with Crippen LogP contribution in [0.25, 0.3) is 10.9 Å². The van der Waals surface area contributed by atoms with Crippen LogP contribution in [0.4, 0.5) is 5.69 Å². The quantitative estimate of drug-likeness (QED) is 0.747. The Bertz CT molecular complexity index is 1060. The van der Waals surface area contributed by atoms with Gasteiger partial charge in [-0.2, -0.15) is 5.10 Å². The fourth-order valence-corrected chi connectivity index (χ4v) is 4.36. The van der Waals surface area contributed by atoms with Gasteiger partial charge in [-0.05, 0) is 62.8 Å². The molecule has 0 aliphatic carbocycles. The average Bonchev–Trinajstić information content (AvgIpc) is 3.11. The van der Waals surface area contributed by atoms with Crippen molar-refractivity contribution in [1.82, 2.24) is 10.4 Å². The molecular weight excluding hydrogens is 366 g/mol. The number of nitrogens with two attached hydrogens (primary N) is 1. The van der Waals surface area contributed by atoms with Crippen molar-refractivity contribution in [2.24, 2.45) is 10.8 Å². The van der Waals surface area contributed by atoms with Gasteiger partial charge < -0.3 is 15.6 Å². The van der Waals surface area contributed by atoms with Crippen LogP contribution >= 0.6 is 0 Å². The van der Waals surface area contributed by atoms with E-state index in [0.717, 1.165) is 53.5 Å². The molecule has 2 aliphatic heterocycles. The number of rotatable bonds is 3. The summed E-state index contributed by atoms with van der Waals surface area (Å²) in [5.41, 5.74) is 13.9. The second kappa shape index (κ2) is 7.06. The number of hydrogen-bond acceptors (Lipinski definition) is 4. The molecule has 1 aromatic heterocycles. The maximum atomic E-state index is 12.9. The molecule has 1 aromatic carbocycles. The molecule has 0 radical (unpaired) electrons. The zero-order chi connectivity index (χ0) is 20.8. The molecular formula is C22H27N5O2. The number of carbonyl (C=O) groups is 2. The number of nitrogens with one attached hydrogen (secondary N) is 2. The molecule has 0 unspecified atom stereocenters. The molecule has 7 heteroatoms. The van der Waals surface area contributed by atoms with E-state index in [2.05, 4.69) is 22.4 Å². The topological polar surface area (TPSA) is 104 Å². The van der Waals surface area contributed by atoms with Gasteiger partial charge in [0.2, 0.25) is 11.8 Å². The minimum absolute atomic E-state index is 0.0985. The number of anilines is 1. The van der Waals surface area contributed by atoms with E-state index in [1.165, 1.54) is 16.0 Å². The van der Waals surface area contributed by atoms with Crippen LogP contribution in [0.3, 0.4) is 0 Å². The second-order valence-electron chi connectivity index (χ2n) is 8.31. The number of hydrogen-bond donors (Lipinski definition) is 3. The van der Waals surface area contributed by atoms with Crippen LogP contribution < -0.4 is 16.1 Å². The average molecular weight is 393 g/mol. The second-order valence-corrected chi connectivity index (χ2v) is 8.31. The van der Waals surface area contributed by atoms with Crippen LogP contribution in [0.1, 0.15) is 56.9 Å². The molecule has 0 bridgehead atoms. The van der Waals surface area contributed by atoms with Gasteiger partial charge in [-0.25, -0.2) is 0 Å². The molecule has 2 aromatic rings. The third-order valence-electron chi connectivity index (χ3n) is 6.03. The monoisotopic (exact) mass is 393 g/mol. The van der Waals surface area contributed by atoms with E-state index in [0.29, 0.717) is 0 Å². The number of aromatic nitrogens is 1. The summed E-state index contributed by atoms with van der Waals surface area (Å²) in [5, 5.41) is 5.40. The lowest BCUT2D eigenvalue weighted by Crippen LogP contribution is -2.41. The summed E-state index contributed by atoms with van der Waals surface area (Å²) >= 11 is 0. The summed E-state index contributed by atoms with van der Waals surface area (Å²) in [4.78, 5) is 29.5. The van der Waals surface area contributed by atoms with Gasteiger partial charge in [0.05, 0.1) is 17.3 Å². The van der Waals surface area contributed by atoms with E-state index < -0.39 is 11.3 Å². The highest BCUT2D eigenvalue weighted by molar-refractivity contribution is 6.12. The molecule has 0 atom stereocenters. The molecule has 3 heterocycles. The van der Waals surface area contributed by atoms with Crippen molar-refractivity contribution in [3.8, 4) is 0 Å². The van der Waals surface area contributed by atoms with Crippen molar-refractivity contribution in [1.29, 1.82) is 0 Å². The van der Waals surface area contributed by atoms with E-state index in [4.69, 9.17) is 5.73 Å². The number of carbonyl (C=O) groups excluding carboxylic acids is 2. The van der Waals surface area contributed by atoms with Gasteiger partial charge in [0.1, 0.15) is 6.54 Å². The van der Waals surface area contributed by atoms with Gasteiger partial charge in [0.25, 0.3) is 0 Å². The predicted molar refractivity (Wildman–Crippen MR) is 115 cm³/mol. The molecule has 0 spiro atoms. The number of aromatic amines is 1. The Morgan fingerprint density at radius 2 is 2.10 bits per heavy atom. The third kappa shape index (κ3) is 3.20. The summed E-state index contributed by atoms with van der Waals surface area (Å²) in [7, 11) is 0. The van der Waals surface area contributed by atoms with Crippen LogP contribution in [0.5, 0.6) is 0 Å². The van der Waals surface area contributed by atoms with Gasteiger partial charge in [0.15, 0.2) is 0 Å². The fourth-order valence-electron chi connectivity index (χ4n) is 4.36. The lowest BCUT2D eigenvalue weighted by molar-refractivity contribution is -0.124. The lowest BCUT2D eigenvalue weighted by atomic mass is 9.85. The normalized spacial score (nSPS) is 21.1. The lowest BCUT2D eigenvalue weighted by Gasteiger charge is -2.18. The summed E-state index contributed by atoms with van der Waals surface area (Å²) in [5.74, 6) is -0.616. The molecule has 7 nitrogen and oxygen atoms in total. The van der Waals surface area contributed by atoms with E-state index in [-0.39, 0.29) is 12.5 Å². The Hall–Kier alpha value is -3.09. The van der Waals surface area contributed by atoms with Crippen LogP contribution in [0.15, 0.2) is 29.0 Å². The molecule has 4 N–H and O–H groups in total. The molecule has 29 heavy (non-hydrogen) atoms. The molecule has 2 amide bonds. The number of primary amides is 1. The summed E-state index contributed by atoms with van der Waals surface area (Å²) < 4.78 is 0. The van der Waals surface area contributed by atoms with E-state index in [1.807, 2.05) is 38.4 Å². The number of allylic oxidation sites excluding steroid dienone is 1. The van der Waals surface area contributed by atoms with Gasteiger partial charge in [0, 0.05) is 22.8 Å². The summed E-state index contributed by atoms with van der Waals surface area (Å²) in [6, 6.07) is 4.06. The SMILES string of the molecule is CC/C1=C\N/N=C/c2[nH]c3cc4c(cc3c2CCC1)N(CC(N)=O)C(=O)C4(C)C. The molecule has 152 valence electrons. The highest BCUT2D eigenvalue weighted by atomic mass is 16.2. The van der Waals surface area contributed by atoms with Crippen molar-refractivity contribution in [2.75, 3.05) is 11.4 Å². The van der Waals surface area contributed by atoms with E-state index >= 15 is 0 Å². The van der Waals surface area contributed by atoms with Crippen LogP contribution in [-0.2, 0) is 21.4 Å². The Labute approximate surface area is 170 Å². The zero-order valence-corrected chi connectivity index (χ0v) is 17.1. The Morgan fingerprint density at radius 1 is 1.31 bits per heavy atom. The highest BCUT2D eigenvalue weighted by Crippen LogP contribution is 2.44. The minimum atomic E-state index is -0.705. The van der Waals surface area contributed by atoms with Crippen molar-refractivity contribution >= 4 is 34.6 Å². The van der Waals surface area contributed by atoms with Gasteiger partial charge in [-0.3, -0.25) is 15.0 Å². The fraction of sp³-hybridized carbons (Fsp3) is 0.409. The first-order chi connectivity index (χ1) is 13.8. The van der Waals surface area contributed by atoms with Crippen LogP contribution in [0, 0.1) is 0 Å². The number of benzene rings is 1. The standard InChI is InChI=1S/C22H27N5O2/c1-4-13-6-5-7-14-15-8-19-16(9-17(15)26-18(14)11-25-24-10-13)22(2,3)21(29)27(19)12-20(23)28/h8-11,24,26H,4-7,12H2,1-3H3,(H2,23,28)/b13-10+,25-11+. The van der Waals surface area contributed by atoms with Gasteiger partial charge >= 0.3 is 0 Å². The molecule has 2 aliphatic rings. The van der Waals surface area contributed by atoms with Crippen LogP contribution in [-0.4, -0.2) is 29.6 Å². The zero-order valence-electron chi connectivity index (χ0n) is 17.1. The van der Waals surface area contributed by atoms with Crippen molar-refractivity contribution in [3.63, 3.8) is 0 Å². The smallest absolute Gasteiger partial charge is 0.237 e. The number of aryl methyl sites for hydroxylation is 1. The molecule has 0 fully saturated rings. The maximum Gasteiger partial charge on any atom is 0.237 e.